The molecule has 1 aromatic carbocycles. The molecule has 5 atom stereocenters. The van der Waals surface area contributed by atoms with E-state index in [2.05, 4.69) is 20.9 Å². The van der Waals surface area contributed by atoms with Crippen LogP contribution < -0.4 is 10.7 Å². The quantitative estimate of drug-likeness (QED) is 0.269. The van der Waals surface area contributed by atoms with Crippen LogP contribution in [0, 0.1) is 0 Å². The van der Waals surface area contributed by atoms with Gasteiger partial charge in [-0.1, -0.05) is 11.6 Å². The average Bonchev–Trinajstić information content (AvgIpc) is 3.01. The number of fused-ring (bicyclic) bond motifs is 1. The van der Waals surface area contributed by atoms with Crippen LogP contribution in [-0.4, -0.2) is 72.0 Å². The van der Waals surface area contributed by atoms with E-state index in [1.54, 1.807) is 12.1 Å². The molecule has 11 nitrogen and oxygen atoms in total. The van der Waals surface area contributed by atoms with E-state index in [9.17, 15) is 35.0 Å². The van der Waals surface area contributed by atoms with Gasteiger partial charge in [0.15, 0.2) is 5.75 Å². The molecular formula is C14H19BrClN2O9P. The van der Waals surface area contributed by atoms with Crippen LogP contribution in [0.1, 0.15) is 0 Å². The van der Waals surface area contributed by atoms with Gasteiger partial charge in [0.2, 0.25) is 0 Å². The monoisotopic (exact) mass is 504 g/mol. The Balaban J connectivity index is 0.00000280. The average molecular weight is 506 g/mol. The second-order valence-corrected chi connectivity index (χ2v) is 8.58. The van der Waals surface area contributed by atoms with Gasteiger partial charge in [0, 0.05) is 10.7 Å². The molecule has 3 rings (SSSR count). The summed E-state index contributed by atoms with van der Waals surface area (Å²) < 4.78 is 22.6. The van der Waals surface area contributed by atoms with E-state index in [1.807, 2.05) is 0 Å². The number of phosphoric ester groups is 1. The minimum absolute atomic E-state index is 0. The third-order valence-electron chi connectivity index (χ3n) is 4.24. The minimum Gasteiger partial charge on any atom is -0.402 e. The van der Waals surface area contributed by atoms with Crippen LogP contribution in [0.3, 0.4) is 0 Å². The number of aliphatic hydroxyl groups excluding tert-OH is 5. The predicted octanol–water partition coefficient (Wildman–Crippen LogP) is 0.428. The Hall–Kier alpha value is -0.760. The molecule has 1 aliphatic rings. The van der Waals surface area contributed by atoms with E-state index >= 15 is 0 Å². The summed E-state index contributed by atoms with van der Waals surface area (Å²) in [5.41, 5.74) is 0.505. The van der Waals surface area contributed by atoms with Gasteiger partial charge in [-0.2, -0.15) is 0 Å². The lowest BCUT2D eigenvalue weighted by atomic mass is 9.85. The van der Waals surface area contributed by atoms with E-state index in [1.165, 1.54) is 6.20 Å². The van der Waals surface area contributed by atoms with Crippen molar-refractivity contribution in [2.24, 2.45) is 0 Å². The molecule has 158 valence electrons. The summed E-state index contributed by atoms with van der Waals surface area (Å²) >= 11 is 9.38. The number of H-pyrrole nitrogens is 1. The third kappa shape index (κ3) is 4.23. The molecule has 0 radical (unpaired) electrons. The molecule has 0 spiro atoms. The molecule has 2 aromatic rings. The summed E-state index contributed by atoms with van der Waals surface area (Å²) in [5, 5.41) is 49.2. The van der Waals surface area contributed by atoms with Crippen molar-refractivity contribution in [2.45, 2.75) is 36.6 Å². The maximum atomic E-state index is 12.4. The summed E-state index contributed by atoms with van der Waals surface area (Å²) in [6.45, 7) is 0. The van der Waals surface area contributed by atoms with Gasteiger partial charge in [-0.05, 0) is 28.1 Å². The number of hydrogen-bond donors (Lipinski definition) is 8. The normalized spacial score (nSPS) is 32.6. The number of benzene rings is 1. The van der Waals surface area contributed by atoms with Crippen molar-refractivity contribution in [3.63, 3.8) is 0 Å². The smallest absolute Gasteiger partial charge is 0.402 e. The molecule has 1 aliphatic carbocycles. The van der Waals surface area contributed by atoms with Crippen molar-refractivity contribution in [1.82, 2.24) is 11.1 Å². The van der Waals surface area contributed by atoms with Gasteiger partial charge in [0.25, 0.3) is 0 Å². The second kappa shape index (κ2) is 8.54. The highest BCUT2D eigenvalue weighted by Crippen LogP contribution is 2.50. The number of phosphoric acid groups is 1. The van der Waals surface area contributed by atoms with Gasteiger partial charge in [0.05, 0.1) is 15.9 Å². The van der Waals surface area contributed by atoms with Gasteiger partial charge >= 0.3 is 7.82 Å². The molecule has 1 aromatic heterocycles. The third-order valence-corrected chi connectivity index (χ3v) is 6.46. The Labute approximate surface area is 171 Å². The molecule has 10 N–H and O–H groups in total. The predicted molar refractivity (Wildman–Crippen MR) is 101 cm³/mol. The standard InChI is InChI=1S/C14H16BrClNO9P.H3N/c15-4-1-2-5-7(8(4)16)6(3-17-5)25-27(23,24)26-14-12(21)10(19)9(18)11(20)13(14)22;/h1-3,9-14,17-22H,(H,23,24);1H3/t9?,10-,11-,12-,13-,14?;/m1./s1. The Morgan fingerprint density at radius 2 is 1.57 bits per heavy atom. The Bertz CT molecular complexity index is 883. The zero-order valence-electron chi connectivity index (χ0n) is 14.0. The Morgan fingerprint density at radius 3 is 2.14 bits per heavy atom. The largest absolute Gasteiger partial charge is 0.527 e. The van der Waals surface area contributed by atoms with Gasteiger partial charge in [0.1, 0.15) is 36.6 Å². The fraction of sp³-hybridized carbons (Fsp3) is 0.429. The van der Waals surface area contributed by atoms with E-state index in [-0.39, 0.29) is 22.3 Å². The first-order chi connectivity index (χ1) is 12.5. The number of halogens is 2. The van der Waals surface area contributed by atoms with Gasteiger partial charge in [-0.3, -0.25) is 9.42 Å². The van der Waals surface area contributed by atoms with Gasteiger partial charge in [-0.25, -0.2) is 4.57 Å². The van der Waals surface area contributed by atoms with E-state index in [0.717, 1.165) is 0 Å². The lowest BCUT2D eigenvalue weighted by Crippen LogP contribution is -2.64. The van der Waals surface area contributed by atoms with Crippen molar-refractivity contribution in [3.8, 4) is 5.75 Å². The minimum atomic E-state index is -4.95. The number of aliphatic hydroxyl groups is 5. The molecule has 0 amide bonds. The highest BCUT2D eigenvalue weighted by Gasteiger charge is 2.51. The van der Waals surface area contributed by atoms with Gasteiger partial charge in [-0.15, -0.1) is 0 Å². The summed E-state index contributed by atoms with van der Waals surface area (Å²) in [7, 11) is -4.95. The van der Waals surface area contributed by atoms with Crippen LogP contribution in [0.5, 0.6) is 5.75 Å². The number of nitrogens with one attached hydrogen (secondary N) is 1. The number of rotatable bonds is 4. The number of aromatic amines is 1. The first-order valence-electron chi connectivity index (χ1n) is 7.59. The molecule has 1 unspecified atom stereocenters. The summed E-state index contributed by atoms with van der Waals surface area (Å²) in [6, 6.07) is 3.30. The highest BCUT2D eigenvalue weighted by atomic mass is 79.9. The molecule has 1 fully saturated rings. The molecule has 1 heterocycles. The lowest BCUT2D eigenvalue weighted by molar-refractivity contribution is -0.219. The Morgan fingerprint density at radius 1 is 1.04 bits per heavy atom. The van der Waals surface area contributed by atoms with Crippen molar-refractivity contribution >= 4 is 46.3 Å². The first kappa shape index (κ1) is 23.5. The van der Waals surface area contributed by atoms with Gasteiger partial charge < -0.3 is 41.2 Å². The van der Waals surface area contributed by atoms with Crippen LogP contribution in [0.25, 0.3) is 10.9 Å². The fourth-order valence-electron chi connectivity index (χ4n) is 2.82. The van der Waals surface area contributed by atoms with Crippen molar-refractivity contribution in [1.29, 1.82) is 0 Å². The number of hydrogen-bond acceptors (Lipinski definition) is 9. The van der Waals surface area contributed by atoms with Crippen LogP contribution in [0.15, 0.2) is 22.8 Å². The van der Waals surface area contributed by atoms with Crippen molar-refractivity contribution in [2.75, 3.05) is 0 Å². The molecule has 1 saturated carbocycles. The van der Waals surface area contributed by atoms with E-state index < -0.39 is 44.4 Å². The van der Waals surface area contributed by atoms with Crippen molar-refractivity contribution < 1.29 is 44.0 Å². The molecule has 0 saturated heterocycles. The maximum Gasteiger partial charge on any atom is 0.527 e. The zero-order chi connectivity index (χ0) is 20.1. The SMILES string of the molecule is N.O=P(O)(Oc1c[nH]c2ccc(Br)c(Cl)c12)OC1[C@H](O)[C@H](O)C(O)[C@@H](O)[C@H]1O. The van der Waals surface area contributed by atoms with E-state index in [0.29, 0.717) is 9.99 Å². The maximum absolute atomic E-state index is 12.4. The summed E-state index contributed by atoms with van der Waals surface area (Å²) in [5.74, 6) is -0.136. The molecule has 28 heavy (non-hydrogen) atoms. The number of aromatic nitrogens is 1. The second-order valence-electron chi connectivity index (χ2n) is 6.02. The van der Waals surface area contributed by atoms with Crippen LogP contribution in [0.2, 0.25) is 5.02 Å². The molecule has 0 bridgehead atoms. The van der Waals surface area contributed by atoms with E-state index in [4.69, 9.17) is 20.6 Å². The topological polar surface area (TPSA) is 208 Å². The highest BCUT2D eigenvalue weighted by molar-refractivity contribution is 9.10. The summed E-state index contributed by atoms with van der Waals surface area (Å²) in [6.07, 6.45) is -10.2. The Kier molecular flexibility index (Phi) is 7.17. The zero-order valence-corrected chi connectivity index (χ0v) is 17.3. The van der Waals surface area contributed by atoms with Crippen molar-refractivity contribution in [3.05, 3.63) is 27.8 Å². The van der Waals surface area contributed by atoms with Crippen LogP contribution in [0.4, 0.5) is 0 Å². The van der Waals surface area contributed by atoms with Crippen LogP contribution >= 0.6 is 35.4 Å². The fourth-order valence-corrected chi connectivity index (χ4v) is 4.40. The summed E-state index contributed by atoms with van der Waals surface area (Å²) in [4.78, 5) is 12.8. The molecule has 0 aliphatic heterocycles. The lowest BCUT2D eigenvalue weighted by Gasteiger charge is -2.41. The first-order valence-corrected chi connectivity index (χ1v) is 10.3. The van der Waals surface area contributed by atoms with Crippen LogP contribution in [-0.2, 0) is 9.09 Å². The molecular weight excluding hydrogens is 486 g/mol. The molecule has 14 heteroatoms.